The molecular formula is C34H40N8O4. The lowest BCUT2D eigenvalue weighted by Gasteiger charge is -2.33. The molecule has 2 N–H and O–H groups in total. The first-order valence-corrected chi connectivity index (χ1v) is 16.1. The Balaban J connectivity index is 0.926. The van der Waals surface area contributed by atoms with E-state index in [2.05, 4.69) is 54.6 Å². The number of hydrogen-bond acceptors (Lipinski definition) is 9. The minimum Gasteiger partial charge on any atom is -0.378 e. The van der Waals surface area contributed by atoms with Crippen molar-refractivity contribution in [2.75, 3.05) is 76.4 Å². The van der Waals surface area contributed by atoms with E-state index in [1.54, 1.807) is 19.5 Å². The fourth-order valence-corrected chi connectivity index (χ4v) is 6.88. The van der Waals surface area contributed by atoms with Gasteiger partial charge >= 0.3 is 0 Å². The molecule has 2 aromatic carbocycles. The van der Waals surface area contributed by atoms with Crippen molar-refractivity contribution in [3.8, 4) is 11.4 Å². The van der Waals surface area contributed by atoms with Crippen LogP contribution < -0.4 is 10.2 Å². The SMILES string of the molecule is CO[C@@]1(C(=O)Nc2ccc3[nH]nc(N4CCOCC4)c3c2)CCN(CC(=O)N2CCC(c3ccc(-c4ncccn4)cc3)CC2)C1. The maximum absolute atomic E-state index is 13.6. The minimum absolute atomic E-state index is 0.100. The van der Waals surface area contributed by atoms with Gasteiger partial charge in [0, 0.05) is 75.4 Å². The smallest absolute Gasteiger partial charge is 0.258 e. The molecule has 12 nitrogen and oxygen atoms in total. The molecule has 3 aliphatic rings. The first kappa shape index (κ1) is 30.3. The number of methoxy groups -OCH3 is 1. The lowest BCUT2D eigenvalue weighted by Crippen LogP contribution is -2.48. The van der Waals surface area contributed by atoms with Gasteiger partial charge in [-0.05, 0) is 55.0 Å². The number of carbonyl (C=O) groups excluding carboxylic acids is 2. The van der Waals surface area contributed by atoms with Crippen LogP contribution in [0.2, 0.25) is 0 Å². The second-order valence-corrected chi connectivity index (χ2v) is 12.4. The molecule has 2 aromatic heterocycles. The average molecular weight is 625 g/mol. The number of rotatable bonds is 8. The lowest BCUT2D eigenvalue weighted by atomic mass is 9.89. The van der Waals surface area contributed by atoms with Crippen molar-refractivity contribution in [3.63, 3.8) is 0 Å². The number of nitrogens with one attached hydrogen (secondary N) is 2. The third-order valence-corrected chi connectivity index (χ3v) is 9.64. The molecule has 0 radical (unpaired) electrons. The summed E-state index contributed by atoms with van der Waals surface area (Å²) in [6, 6.07) is 16.0. The van der Waals surface area contributed by atoms with Crippen molar-refractivity contribution in [1.82, 2.24) is 30.0 Å². The number of fused-ring (bicyclic) bond motifs is 1. The zero-order valence-corrected chi connectivity index (χ0v) is 26.2. The number of morpholine rings is 1. The molecular weight excluding hydrogens is 584 g/mol. The van der Waals surface area contributed by atoms with E-state index in [0.29, 0.717) is 44.3 Å². The molecule has 7 rings (SSSR count). The Hall–Kier alpha value is -4.39. The van der Waals surface area contributed by atoms with Crippen LogP contribution in [-0.2, 0) is 19.1 Å². The van der Waals surface area contributed by atoms with Crippen molar-refractivity contribution in [1.29, 1.82) is 0 Å². The number of aromatic nitrogens is 4. The highest BCUT2D eigenvalue weighted by molar-refractivity contribution is 6.01. The topological polar surface area (TPSA) is 129 Å². The fourth-order valence-electron chi connectivity index (χ4n) is 6.88. The number of anilines is 2. The normalized spacial score (nSPS) is 21.2. The van der Waals surface area contributed by atoms with E-state index in [1.165, 1.54) is 5.56 Å². The molecule has 0 spiro atoms. The van der Waals surface area contributed by atoms with Gasteiger partial charge in [-0.3, -0.25) is 19.6 Å². The van der Waals surface area contributed by atoms with E-state index in [-0.39, 0.29) is 18.4 Å². The van der Waals surface area contributed by atoms with Gasteiger partial charge in [0.2, 0.25) is 5.91 Å². The predicted molar refractivity (Wildman–Crippen MR) is 175 cm³/mol. The molecule has 240 valence electrons. The number of benzene rings is 2. The molecule has 0 bridgehead atoms. The average Bonchev–Trinajstić information content (AvgIpc) is 3.74. The first-order chi connectivity index (χ1) is 22.5. The second kappa shape index (κ2) is 13.1. The van der Waals surface area contributed by atoms with Crippen LogP contribution in [-0.4, -0.2) is 114 Å². The lowest BCUT2D eigenvalue weighted by molar-refractivity contribution is -0.138. The Bertz CT molecular complexity index is 1670. The van der Waals surface area contributed by atoms with Gasteiger partial charge in [-0.1, -0.05) is 24.3 Å². The molecule has 3 aliphatic heterocycles. The van der Waals surface area contributed by atoms with Crippen molar-refractivity contribution >= 4 is 34.2 Å². The molecule has 4 aromatic rings. The summed E-state index contributed by atoms with van der Waals surface area (Å²) in [6.07, 6.45) is 5.86. The molecule has 0 aliphatic carbocycles. The van der Waals surface area contributed by atoms with Crippen LogP contribution >= 0.6 is 0 Å². The third kappa shape index (κ3) is 6.20. The van der Waals surface area contributed by atoms with E-state index in [9.17, 15) is 9.59 Å². The summed E-state index contributed by atoms with van der Waals surface area (Å²) in [6.45, 7) is 5.57. The quantitative estimate of drug-likeness (QED) is 0.304. The summed E-state index contributed by atoms with van der Waals surface area (Å²) >= 11 is 0. The zero-order chi connectivity index (χ0) is 31.5. The van der Waals surface area contributed by atoms with E-state index >= 15 is 0 Å². The number of hydrogen-bond donors (Lipinski definition) is 2. The number of carbonyl (C=O) groups is 2. The monoisotopic (exact) mass is 624 g/mol. The maximum Gasteiger partial charge on any atom is 0.258 e. The van der Waals surface area contributed by atoms with Gasteiger partial charge in [-0.25, -0.2) is 9.97 Å². The summed E-state index contributed by atoms with van der Waals surface area (Å²) < 4.78 is 11.3. The summed E-state index contributed by atoms with van der Waals surface area (Å²) in [7, 11) is 1.57. The predicted octanol–water partition coefficient (Wildman–Crippen LogP) is 3.29. The first-order valence-electron chi connectivity index (χ1n) is 16.1. The van der Waals surface area contributed by atoms with Crippen LogP contribution in [0.15, 0.2) is 60.9 Å². The maximum atomic E-state index is 13.6. The van der Waals surface area contributed by atoms with Crippen LogP contribution in [0.3, 0.4) is 0 Å². The van der Waals surface area contributed by atoms with Crippen LogP contribution in [0.5, 0.6) is 0 Å². The van der Waals surface area contributed by atoms with Gasteiger partial charge in [-0.15, -0.1) is 0 Å². The van der Waals surface area contributed by atoms with E-state index in [1.807, 2.05) is 34.1 Å². The number of piperidine rings is 1. The Morgan fingerprint density at radius 1 is 1.02 bits per heavy atom. The fraction of sp³-hybridized carbons (Fsp3) is 0.441. The molecule has 46 heavy (non-hydrogen) atoms. The van der Waals surface area contributed by atoms with Gasteiger partial charge in [-0.2, -0.15) is 5.10 Å². The van der Waals surface area contributed by atoms with E-state index in [0.717, 1.165) is 67.1 Å². The number of likely N-dealkylation sites (tertiary alicyclic amines) is 2. The Morgan fingerprint density at radius 2 is 1.78 bits per heavy atom. The highest BCUT2D eigenvalue weighted by Gasteiger charge is 2.45. The van der Waals surface area contributed by atoms with Gasteiger partial charge in [0.15, 0.2) is 17.2 Å². The highest BCUT2D eigenvalue weighted by Crippen LogP contribution is 2.32. The molecule has 0 saturated carbocycles. The largest absolute Gasteiger partial charge is 0.378 e. The summed E-state index contributed by atoms with van der Waals surface area (Å²) in [4.78, 5) is 41.8. The van der Waals surface area contributed by atoms with Crippen molar-refractivity contribution < 1.29 is 19.1 Å². The molecule has 12 heteroatoms. The van der Waals surface area contributed by atoms with Gasteiger partial charge in [0.1, 0.15) is 0 Å². The molecule has 2 amide bonds. The van der Waals surface area contributed by atoms with Gasteiger partial charge in [0.05, 0.1) is 25.3 Å². The van der Waals surface area contributed by atoms with E-state index in [4.69, 9.17) is 9.47 Å². The molecule has 0 unspecified atom stereocenters. The van der Waals surface area contributed by atoms with Crippen LogP contribution in [0.1, 0.15) is 30.7 Å². The van der Waals surface area contributed by atoms with Crippen LogP contribution in [0.25, 0.3) is 22.3 Å². The third-order valence-electron chi connectivity index (χ3n) is 9.64. The Kier molecular flexibility index (Phi) is 8.65. The molecule has 3 saturated heterocycles. The summed E-state index contributed by atoms with van der Waals surface area (Å²) in [5.74, 6) is 1.90. The number of amides is 2. The Labute approximate surface area is 268 Å². The van der Waals surface area contributed by atoms with Gasteiger partial charge < -0.3 is 24.6 Å². The Morgan fingerprint density at radius 3 is 2.52 bits per heavy atom. The molecule has 1 atom stereocenters. The zero-order valence-electron chi connectivity index (χ0n) is 26.2. The van der Waals surface area contributed by atoms with Crippen LogP contribution in [0.4, 0.5) is 11.5 Å². The minimum atomic E-state index is -1.03. The number of H-pyrrole nitrogens is 1. The summed E-state index contributed by atoms with van der Waals surface area (Å²) in [5.41, 5.74) is 2.85. The standard InChI is InChI=1S/C34H40N8O4/c1-45-34(33(44)37-27-7-8-29-28(21-27)32(39-38-29)42-17-19-46-20-18-42)11-16-40(23-34)22-30(43)41-14-9-25(10-15-41)24-3-5-26(6-4-24)31-35-12-2-13-36-31/h2-8,12-13,21,25H,9-11,14-20,22-23H2,1H3,(H,37,44)(H,38,39)/t34-/m0/s1. The number of ether oxygens (including phenoxy) is 2. The highest BCUT2D eigenvalue weighted by atomic mass is 16.5. The van der Waals surface area contributed by atoms with Crippen molar-refractivity contribution in [2.24, 2.45) is 0 Å². The molecule has 5 heterocycles. The molecule has 3 fully saturated rings. The van der Waals surface area contributed by atoms with Crippen molar-refractivity contribution in [2.45, 2.75) is 30.8 Å². The van der Waals surface area contributed by atoms with Gasteiger partial charge in [0.25, 0.3) is 5.91 Å². The summed E-state index contributed by atoms with van der Waals surface area (Å²) in [5, 5.41) is 11.6. The van der Waals surface area contributed by atoms with E-state index < -0.39 is 5.60 Å². The second-order valence-electron chi connectivity index (χ2n) is 12.4. The number of aromatic amines is 1. The van der Waals surface area contributed by atoms with Crippen molar-refractivity contribution in [3.05, 3.63) is 66.5 Å². The number of nitrogens with zero attached hydrogens (tertiary/aromatic N) is 6. The van der Waals surface area contributed by atoms with Crippen LogP contribution in [0, 0.1) is 0 Å².